The Morgan fingerprint density at radius 3 is 2.68 bits per heavy atom. The molecule has 1 saturated heterocycles. The smallest absolute Gasteiger partial charge is 0.142 e. The van der Waals surface area contributed by atoms with Crippen LogP contribution in [0.4, 0.5) is 5.82 Å². The van der Waals surface area contributed by atoms with Crippen LogP contribution in [0.3, 0.4) is 0 Å². The highest BCUT2D eigenvalue weighted by Gasteiger charge is 2.18. The number of piperidine rings is 1. The summed E-state index contributed by atoms with van der Waals surface area (Å²) in [6.07, 6.45) is 3.97. The van der Waals surface area contributed by atoms with Gasteiger partial charge in [-0.2, -0.15) is 10.4 Å². The molecule has 0 radical (unpaired) electrons. The quantitative estimate of drug-likeness (QED) is 0.899. The van der Waals surface area contributed by atoms with Gasteiger partial charge in [0, 0.05) is 19.6 Å². The minimum atomic E-state index is 0.488. The molecule has 1 atom stereocenters. The van der Waals surface area contributed by atoms with Crippen molar-refractivity contribution in [3.8, 4) is 6.07 Å². The van der Waals surface area contributed by atoms with E-state index in [4.69, 9.17) is 0 Å². The first kappa shape index (κ1) is 13.9. The molecule has 1 aliphatic heterocycles. The number of aryl methyl sites for hydroxylation is 2. The van der Waals surface area contributed by atoms with Crippen molar-refractivity contribution >= 4 is 5.82 Å². The van der Waals surface area contributed by atoms with Crippen LogP contribution in [0, 0.1) is 18.3 Å². The van der Waals surface area contributed by atoms with Crippen LogP contribution in [-0.2, 0) is 7.05 Å². The Labute approximate surface area is 115 Å². The van der Waals surface area contributed by atoms with E-state index in [1.807, 2.05) is 14.0 Å². The van der Waals surface area contributed by atoms with E-state index in [9.17, 15) is 5.26 Å². The van der Waals surface area contributed by atoms with Gasteiger partial charge in [0.25, 0.3) is 0 Å². The number of nitrogens with zero attached hydrogens (tertiary/aromatic N) is 4. The van der Waals surface area contributed by atoms with Crippen LogP contribution < -0.4 is 5.32 Å². The number of nitrogens with one attached hydrogen (secondary N) is 1. The lowest BCUT2D eigenvalue weighted by Gasteiger charge is -2.32. The van der Waals surface area contributed by atoms with Gasteiger partial charge in [0.2, 0.25) is 0 Å². The molecule has 5 heteroatoms. The number of likely N-dealkylation sites (tertiary alicyclic amines) is 1. The molecule has 2 heterocycles. The zero-order chi connectivity index (χ0) is 13.8. The van der Waals surface area contributed by atoms with Gasteiger partial charge in [-0.15, -0.1) is 0 Å². The molecule has 1 unspecified atom stereocenters. The first-order valence-corrected chi connectivity index (χ1v) is 7.05. The summed E-state index contributed by atoms with van der Waals surface area (Å²) < 4.78 is 1.76. The maximum absolute atomic E-state index is 9.17. The topological polar surface area (TPSA) is 56.9 Å². The average molecular weight is 261 g/mol. The van der Waals surface area contributed by atoms with E-state index in [1.54, 1.807) is 4.68 Å². The monoisotopic (exact) mass is 261 g/mol. The number of aromatic nitrogens is 2. The van der Waals surface area contributed by atoms with Crippen molar-refractivity contribution in [1.29, 1.82) is 5.26 Å². The van der Waals surface area contributed by atoms with Gasteiger partial charge in [0.15, 0.2) is 0 Å². The fourth-order valence-corrected chi connectivity index (χ4v) is 2.73. The molecule has 1 aliphatic rings. The van der Waals surface area contributed by atoms with Crippen LogP contribution >= 0.6 is 0 Å². The highest BCUT2D eigenvalue weighted by atomic mass is 15.3. The second-order valence-electron chi connectivity index (χ2n) is 5.37. The van der Waals surface area contributed by atoms with Crippen molar-refractivity contribution in [2.75, 3.05) is 25.0 Å². The largest absolute Gasteiger partial charge is 0.368 e. The summed E-state index contributed by atoms with van der Waals surface area (Å²) in [5, 5.41) is 16.8. The molecule has 0 aromatic carbocycles. The van der Waals surface area contributed by atoms with Crippen molar-refractivity contribution in [3.05, 3.63) is 11.3 Å². The molecular weight excluding hydrogens is 238 g/mol. The summed E-state index contributed by atoms with van der Waals surface area (Å²) in [6.45, 7) is 7.36. The van der Waals surface area contributed by atoms with Crippen LogP contribution in [-0.4, -0.2) is 40.4 Å². The molecule has 1 fully saturated rings. The lowest BCUT2D eigenvalue weighted by Crippen LogP contribution is -2.41. The maximum atomic E-state index is 9.17. The molecule has 1 N–H and O–H groups in total. The summed E-state index contributed by atoms with van der Waals surface area (Å²) in [5.74, 6) is 0.837. The lowest BCUT2D eigenvalue weighted by atomic mass is 10.1. The molecule has 0 aliphatic carbocycles. The van der Waals surface area contributed by atoms with Crippen molar-refractivity contribution in [2.24, 2.45) is 7.05 Å². The Morgan fingerprint density at radius 2 is 2.05 bits per heavy atom. The number of anilines is 1. The van der Waals surface area contributed by atoms with Crippen LogP contribution in [0.5, 0.6) is 0 Å². The Morgan fingerprint density at radius 1 is 1.37 bits per heavy atom. The van der Waals surface area contributed by atoms with Crippen molar-refractivity contribution in [3.63, 3.8) is 0 Å². The first-order valence-electron chi connectivity index (χ1n) is 7.05. The number of nitriles is 1. The number of hydrogen-bond acceptors (Lipinski definition) is 4. The number of hydrogen-bond donors (Lipinski definition) is 1. The minimum Gasteiger partial charge on any atom is -0.368 e. The molecule has 0 spiro atoms. The summed E-state index contributed by atoms with van der Waals surface area (Å²) in [7, 11) is 1.88. The molecule has 104 valence electrons. The molecule has 1 aromatic rings. The minimum absolute atomic E-state index is 0.488. The summed E-state index contributed by atoms with van der Waals surface area (Å²) >= 11 is 0. The molecule has 5 nitrogen and oxygen atoms in total. The normalized spacial score (nSPS) is 18.0. The second kappa shape index (κ2) is 6.07. The Bertz CT molecular complexity index is 465. The van der Waals surface area contributed by atoms with Gasteiger partial charge in [0.1, 0.15) is 17.5 Å². The average Bonchev–Trinajstić information content (AvgIpc) is 2.70. The van der Waals surface area contributed by atoms with E-state index in [2.05, 4.69) is 28.3 Å². The fourth-order valence-electron chi connectivity index (χ4n) is 2.73. The van der Waals surface area contributed by atoms with Crippen molar-refractivity contribution < 1.29 is 0 Å². The Kier molecular flexibility index (Phi) is 4.43. The van der Waals surface area contributed by atoms with Crippen LogP contribution in [0.2, 0.25) is 0 Å². The van der Waals surface area contributed by atoms with E-state index in [-0.39, 0.29) is 0 Å². The van der Waals surface area contributed by atoms with Gasteiger partial charge in [-0.05, 0) is 39.8 Å². The molecule has 19 heavy (non-hydrogen) atoms. The Hall–Kier alpha value is -1.54. The molecule has 1 aromatic heterocycles. The fraction of sp³-hybridized carbons (Fsp3) is 0.714. The molecule has 0 bridgehead atoms. The zero-order valence-electron chi connectivity index (χ0n) is 12.1. The van der Waals surface area contributed by atoms with Crippen LogP contribution in [0.25, 0.3) is 0 Å². The lowest BCUT2D eigenvalue weighted by molar-refractivity contribution is 0.180. The third-order valence-corrected chi connectivity index (χ3v) is 3.91. The van der Waals surface area contributed by atoms with Gasteiger partial charge >= 0.3 is 0 Å². The first-order chi connectivity index (χ1) is 9.13. The van der Waals surface area contributed by atoms with E-state index < -0.39 is 0 Å². The second-order valence-corrected chi connectivity index (χ2v) is 5.37. The third kappa shape index (κ3) is 3.07. The van der Waals surface area contributed by atoms with Crippen LogP contribution in [0.15, 0.2) is 0 Å². The van der Waals surface area contributed by atoms with Crippen LogP contribution in [0.1, 0.15) is 37.4 Å². The van der Waals surface area contributed by atoms with E-state index in [0.717, 1.165) is 18.1 Å². The highest BCUT2D eigenvalue weighted by Crippen LogP contribution is 2.18. The SMILES string of the molecule is Cc1nn(C)c(NCC(C)N2CCCCC2)c1C#N. The third-order valence-electron chi connectivity index (χ3n) is 3.91. The zero-order valence-corrected chi connectivity index (χ0v) is 12.1. The van der Waals surface area contributed by atoms with Crippen molar-refractivity contribution in [1.82, 2.24) is 14.7 Å². The summed E-state index contributed by atoms with van der Waals surface area (Å²) in [5.41, 5.74) is 1.45. The van der Waals surface area contributed by atoms with E-state index >= 15 is 0 Å². The van der Waals surface area contributed by atoms with Gasteiger partial charge < -0.3 is 5.32 Å². The van der Waals surface area contributed by atoms with Gasteiger partial charge in [0.05, 0.1) is 5.69 Å². The predicted molar refractivity (Wildman–Crippen MR) is 76.0 cm³/mol. The maximum Gasteiger partial charge on any atom is 0.142 e. The molecule has 0 saturated carbocycles. The molecule has 2 rings (SSSR count). The van der Waals surface area contributed by atoms with E-state index in [0.29, 0.717) is 11.6 Å². The summed E-state index contributed by atoms with van der Waals surface area (Å²) in [6, 6.07) is 2.72. The van der Waals surface area contributed by atoms with Gasteiger partial charge in [-0.3, -0.25) is 9.58 Å². The van der Waals surface area contributed by atoms with Gasteiger partial charge in [-0.25, -0.2) is 0 Å². The van der Waals surface area contributed by atoms with Crippen molar-refractivity contribution in [2.45, 2.75) is 39.2 Å². The van der Waals surface area contributed by atoms with Gasteiger partial charge in [-0.1, -0.05) is 6.42 Å². The molecular formula is C14H23N5. The predicted octanol–water partition coefficient (Wildman–Crippen LogP) is 1.89. The standard InChI is InChI=1S/C14H23N5/c1-11(19-7-5-4-6-8-19)10-16-14-13(9-15)12(2)17-18(14)3/h11,16H,4-8,10H2,1-3H3. The molecule has 0 amide bonds. The Balaban J connectivity index is 1.97. The number of rotatable bonds is 4. The van der Waals surface area contributed by atoms with E-state index in [1.165, 1.54) is 32.4 Å². The highest BCUT2D eigenvalue weighted by molar-refractivity contribution is 5.55. The summed E-state index contributed by atoms with van der Waals surface area (Å²) in [4.78, 5) is 2.52.